The van der Waals surface area contributed by atoms with Gasteiger partial charge in [0, 0.05) is 10.8 Å². The van der Waals surface area contributed by atoms with Crippen molar-refractivity contribution in [3.8, 4) is 0 Å². The minimum absolute atomic E-state index is 0.0591. The van der Waals surface area contributed by atoms with Gasteiger partial charge in [0.25, 0.3) is 0 Å². The summed E-state index contributed by atoms with van der Waals surface area (Å²) < 4.78 is 0. The molecule has 1 aromatic rings. The minimum Gasteiger partial charge on any atom is -0.351 e. The maximum Gasteiger partial charge on any atom is 0.223 e. The maximum absolute atomic E-state index is 11.7. The fourth-order valence-corrected chi connectivity index (χ4v) is 2.33. The lowest BCUT2D eigenvalue weighted by atomic mass is 10.1. The van der Waals surface area contributed by atoms with Crippen molar-refractivity contribution in [1.29, 1.82) is 0 Å². The second-order valence-corrected chi connectivity index (χ2v) is 5.08. The lowest BCUT2D eigenvalue weighted by molar-refractivity contribution is -0.124. The molecule has 1 rings (SSSR count). The van der Waals surface area contributed by atoms with E-state index in [4.69, 9.17) is 5.73 Å². The van der Waals surface area contributed by atoms with E-state index in [1.165, 1.54) is 10.4 Å². The zero-order valence-electron chi connectivity index (χ0n) is 9.95. The van der Waals surface area contributed by atoms with E-state index in [2.05, 4.69) is 23.7 Å². The number of hydrogen-bond acceptors (Lipinski definition) is 3. The van der Waals surface area contributed by atoms with E-state index in [1.807, 2.05) is 6.92 Å². The van der Waals surface area contributed by atoms with Crippen LogP contribution in [0.4, 0.5) is 0 Å². The predicted octanol–water partition coefficient (Wildman–Crippen LogP) is 2.05. The molecule has 0 fully saturated rings. The van der Waals surface area contributed by atoms with Crippen LogP contribution in [0, 0.1) is 12.8 Å². The van der Waals surface area contributed by atoms with Crippen molar-refractivity contribution in [1.82, 2.24) is 5.32 Å². The third-order valence-electron chi connectivity index (χ3n) is 2.68. The Balaban J connectivity index is 2.32. The number of carbonyl (C=O) groups is 1. The molecule has 0 saturated carbocycles. The Hall–Kier alpha value is -0.870. The quantitative estimate of drug-likeness (QED) is 0.799. The van der Waals surface area contributed by atoms with E-state index < -0.39 is 0 Å². The first-order valence-corrected chi connectivity index (χ1v) is 6.54. The van der Waals surface area contributed by atoms with Crippen LogP contribution in [0.3, 0.4) is 0 Å². The SMILES string of the molecule is Cc1ccsc1CNC(=O)C(C)CCCN. The lowest BCUT2D eigenvalue weighted by Crippen LogP contribution is -2.28. The van der Waals surface area contributed by atoms with Gasteiger partial charge in [0.1, 0.15) is 0 Å². The molecule has 90 valence electrons. The molecule has 0 aliphatic rings. The fourth-order valence-electron chi connectivity index (χ4n) is 1.48. The summed E-state index contributed by atoms with van der Waals surface area (Å²) in [6.45, 7) is 5.32. The summed E-state index contributed by atoms with van der Waals surface area (Å²) in [7, 11) is 0. The molecule has 0 aliphatic heterocycles. The smallest absolute Gasteiger partial charge is 0.223 e. The zero-order valence-corrected chi connectivity index (χ0v) is 10.8. The molecule has 1 heterocycles. The number of carbonyl (C=O) groups excluding carboxylic acids is 1. The van der Waals surface area contributed by atoms with Crippen LogP contribution >= 0.6 is 11.3 Å². The zero-order chi connectivity index (χ0) is 12.0. The second kappa shape index (κ2) is 6.66. The Morgan fingerprint density at radius 2 is 2.38 bits per heavy atom. The van der Waals surface area contributed by atoms with Gasteiger partial charge in [0.2, 0.25) is 5.91 Å². The fraction of sp³-hybridized carbons (Fsp3) is 0.583. The molecule has 1 aromatic heterocycles. The third kappa shape index (κ3) is 3.94. The predicted molar refractivity (Wildman–Crippen MR) is 68.4 cm³/mol. The van der Waals surface area contributed by atoms with Gasteiger partial charge in [-0.05, 0) is 43.3 Å². The van der Waals surface area contributed by atoms with Gasteiger partial charge in [-0.1, -0.05) is 6.92 Å². The Labute approximate surface area is 101 Å². The largest absolute Gasteiger partial charge is 0.351 e. The molecule has 1 amide bonds. The van der Waals surface area contributed by atoms with Crippen LogP contribution in [-0.2, 0) is 11.3 Å². The topological polar surface area (TPSA) is 55.1 Å². The summed E-state index contributed by atoms with van der Waals surface area (Å²) in [5, 5.41) is 5.02. The number of nitrogens with two attached hydrogens (primary N) is 1. The summed E-state index contributed by atoms with van der Waals surface area (Å²) in [4.78, 5) is 12.9. The normalized spacial score (nSPS) is 12.4. The highest BCUT2D eigenvalue weighted by Crippen LogP contribution is 2.15. The van der Waals surface area contributed by atoms with Gasteiger partial charge in [-0.3, -0.25) is 4.79 Å². The first-order valence-electron chi connectivity index (χ1n) is 5.66. The molecular weight excluding hydrogens is 220 g/mol. The first-order chi connectivity index (χ1) is 7.65. The second-order valence-electron chi connectivity index (χ2n) is 4.08. The molecule has 0 saturated heterocycles. The van der Waals surface area contributed by atoms with Crippen LogP contribution in [0.15, 0.2) is 11.4 Å². The van der Waals surface area contributed by atoms with Crippen LogP contribution in [0.5, 0.6) is 0 Å². The van der Waals surface area contributed by atoms with E-state index in [0.717, 1.165) is 12.8 Å². The molecule has 3 N–H and O–H groups in total. The van der Waals surface area contributed by atoms with E-state index in [9.17, 15) is 4.79 Å². The standard InChI is InChI=1S/C12H20N2OS/c1-9-5-7-16-11(9)8-14-12(15)10(2)4-3-6-13/h5,7,10H,3-4,6,8,13H2,1-2H3,(H,14,15). The van der Waals surface area contributed by atoms with Crippen LogP contribution in [0.2, 0.25) is 0 Å². The number of nitrogens with one attached hydrogen (secondary N) is 1. The molecule has 3 nitrogen and oxygen atoms in total. The van der Waals surface area contributed by atoms with Crippen molar-refractivity contribution in [3.05, 3.63) is 21.9 Å². The maximum atomic E-state index is 11.7. The molecule has 1 atom stereocenters. The number of thiophene rings is 1. The Morgan fingerprint density at radius 3 is 2.94 bits per heavy atom. The Kier molecular flexibility index (Phi) is 5.49. The van der Waals surface area contributed by atoms with E-state index in [0.29, 0.717) is 13.1 Å². The number of hydrogen-bond donors (Lipinski definition) is 2. The molecule has 0 aromatic carbocycles. The lowest BCUT2D eigenvalue weighted by Gasteiger charge is -2.11. The molecule has 0 radical (unpaired) electrons. The number of amides is 1. The molecule has 0 spiro atoms. The molecular formula is C12H20N2OS. The summed E-state index contributed by atoms with van der Waals surface area (Å²) in [5.74, 6) is 0.185. The van der Waals surface area contributed by atoms with Gasteiger partial charge in [0.15, 0.2) is 0 Å². The Morgan fingerprint density at radius 1 is 1.62 bits per heavy atom. The van der Waals surface area contributed by atoms with Crippen LogP contribution in [0.25, 0.3) is 0 Å². The molecule has 4 heteroatoms. The number of aryl methyl sites for hydroxylation is 1. The van der Waals surface area contributed by atoms with Crippen molar-refractivity contribution < 1.29 is 4.79 Å². The van der Waals surface area contributed by atoms with Crippen molar-refractivity contribution in [2.24, 2.45) is 11.7 Å². The summed E-state index contributed by atoms with van der Waals surface area (Å²) in [5.41, 5.74) is 6.67. The highest BCUT2D eigenvalue weighted by atomic mass is 32.1. The summed E-state index contributed by atoms with van der Waals surface area (Å²) in [6.07, 6.45) is 1.78. The van der Waals surface area contributed by atoms with E-state index >= 15 is 0 Å². The highest BCUT2D eigenvalue weighted by molar-refractivity contribution is 7.10. The highest BCUT2D eigenvalue weighted by Gasteiger charge is 2.12. The summed E-state index contributed by atoms with van der Waals surface area (Å²) >= 11 is 1.69. The average molecular weight is 240 g/mol. The molecule has 16 heavy (non-hydrogen) atoms. The number of rotatable bonds is 6. The molecule has 0 bridgehead atoms. The average Bonchev–Trinajstić information content (AvgIpc) is 2.68. The van der Waals surface area contributed by atoms with Gasteiger partial charge in [0.05, 0.1) is 6.54 Å². The van der Waals surface area contributed by atoms with E-state index in [1.54, 1.807) is 11.3 Å². The van der Waals surface area contributed by atoms with Gasteiger partial charge < -0.3 is 11.1 Å². The summed E-state index contributed by atoms with van der Waals surface area (Å²) in [6, 6.07) is 2.07. The van der Waals surface area contributed by atoms with Gasteiger partial charge in [-0.15, -0.1) is 11.3 Å². The van der Waals surface area contributed by atoms with Crippen LogP contribution < -0.4 is 11.1 Å². The minimum atomic E-state index is 0.0591. The molecule has 0 aliphatic carbocycles. The van der Waals surface area contributed by atoms with E-state index in [-0.39, 0.29) is 11.8 Å². The molecule has 1 unspecified atom stereocenters. The van der Waals surface area contributed by atoms with Gasteiger partial charge >= 0.3 is 0 Å². The van der Waals surface area contributed by atoms with Crippen LogP contribution in [-0.4, -0.2) is 12.5 Å². The monoisotopic (exact) mass is 240 g/mol. The van der Waals surface area contributed by atoms with Gasteiger partial charge in [-0.25, -0.2) is 0 Å². The first kappa shape index (κ1) is 13.2. The van der Waals surface area contributed by atoms with Crippen molar-refractivity contribution in [2.45, 2.75) is 33.2 Å². The van der Waals surface area contributed by atoms with Crippen molar-refractivity contribution >= 4 is 17.2 Å². The van der Waals surface area contributed by atoms with Gasteiger partial charge in [-0.2, -0.15) is 0 Å². The van der Waals surface area contributed by atoms with Crippen molar-refractivity contribution in [2.75, 3.05) is 6.54 Å². The van der Waals surface area contributed by atoms with Crippen molar-refractivity contribution in [3.63, 3.8) is 0 Å². The third-order valence-corrected chi connectivity index (χ3v) is 3.70. The van der Waals surface area contributed by atoms with Crippen LogP contribution in [0.1, 0.15) is 30.2 Å². The Bertz CT molecular complexity index is 336.